The number of carbonyl (C=O) groups is 1. The van der Waals surface area contributed by atoms with Gasteiger partial charge in [-0.05, 0) is 47.4 Å². The molecule has 0 heterocycles. The van der Waals surface area contributed by atoms with Crippen molar-refractivity contribution in [1.82, 2.24) is 5.32 Å². The lowest BCUT2D eigenvalue weighted by atomic mass is 9.98. The second-order valence-electron chi connectivity index (χ2n) is 6.67. The fourth-order valence-corrected chi connectivity index (χ4v) is 3.17. The zero-order chi connectivity index (χ0) is 19.9. The summed E-state index contributed by atoms with van der Waals surface area (Å²) in [6.07, 6.45) is 0.288. The summed E-state index contributed by atoms with van der Waals surface area (Å²) < 4.78 is 10.6. The number of hydrogen-bond donors (Lipinski definition) is 1. The minimum Gasteiger partial charge on any atom is -0.497 e. The molecule has 1 atom stereocenters. The number of methoxy groups -OCH3 is 2. The zero-order valence-electron chi connectivity index (χ0n) is 16.4. The Morgan fingerprint density at radius 1 is 0.893 bits per heavy atom. The molecule has 28 heavy (non-hydrogen) atoms. The van der Waals surface area contributed by atoms with Crippen LogP contribution in [0.2, 0.25) is 0 Å². The largest absolute Gasteiger partial charge is 0.497 e. The lowest BCUT2D eigenvalue weighted by molar-refractivity contribution is -0.120. The fraction of sp³-hybridized carbons (Fsp3) is 0.208. The van der Waals surface area contributed by atoms with Gasteiger partial charge in [0.05, 0.1) is 26.7 Å². The minimum atomic E-state index is -0.230. The van der Waals surface area contributed by atoms with E-state index in [4.69, 9.17) is 9.47 Å². The number of aryl methyl sites for hydroxylation is 1. The molecule has 3 aromatic rings. The second kappa shape index (κ2) is 9.09. The molecule has 0 saturated carbocycles. The molecule has 144 valence electrons. The molecule has 0 aliphatic carbocycles. The highest BCUT2D eigenvalue weighted by molar-refractivity contribution is 5.79. The SMILES string of the molecule is COc1ccc(C(NC(=O)Cc2ccc(C)c(OC)c2)c2ccccc2)cc1. The first-order valence-corrected chi connectivity index (χ1v) is 9.22. The van der Waals surface area contributed by atoms with E-state index in [-0.39, 0.29) is 18.4 Å². The van der Waals surface area contributed by atoms with Crippen LogP contribution in [0.3, 0.4) is 0 Å². The normalized spacial score (nSPS) is 11.5. The first-order valence-electron chi connectivity index (χ1n) is 9.22. The van der Waals surface area contributed by atoms with Gasteiger partial charge in [-0.25, -0.2) is 0 Å². The summed E-state index contributed by atoms with van der Waals surface area (Å²) in [6, 6.07) is 23.3. The lowest BCUT2D eigenvalue weighted by Gasteiger charge is -2.20. The van der Waals surface area contributed by atoms with Gasteiger partial charge < -0.3 is 14.8 Å². The lowest BCUT2D eigenvalue weighted by Crippen LogP contribution is -2.30. The number of nitrogens with one attached hydrogen (secondary N) is 1. The molecule has 1 unspecified atom stereocenters. The molecule has 1 amide bonds. The van der Waals surface area contributed by atoms with E-state index in [9.17, 15) is 4.79 Å². The molecule has 0 aromatic heterocycles. The predicted molar refractivity (Wildman–Crippen MR) is 111 cm³/mol. The van der Waals surface area contributed by atoms with Crippen molar-refractivity contribution in [2.24, 2.45) is 0 Å². The molecule has 0 spiro atoms. The predicted octanol–water partition coefficient (Wildman–Crippen LogP) is 4.46. The van der Waals surface area contributed by atoms with Crippen molar-refractivity contribution in [1.29, 1.82) is 0 Å². The van der Waals surface area contributed by atoms with Gasteiger partial charge in [0.2, 0.25) is 5.91 Å². The highest BCUT2D eigenvalue weighted by atomic mass is 16.5. The van der Waals surface area contributed by atoms with Crippen LogP contribution in [0.1, 0.15) is 28.3 Å². The van der Waals surface area contributed by atoms with Gasteiger partial charge in [-0.3, -0.25) is 4.79 Å². The van der Waals surface area contributed by atoms with Gasteiger partial charge in [-0.2, -0.15) is 0 Å². The topological polar surface area (TPSA) is 47.6 Å². The summed E-state index contributed by atoms with van der Waals surface area (Å²) in [6.45, 7) is 1.98. The summed E-state index contributed by atoms with van der Waals surface area (Å²) in [5.41, 5.74) is 4.00. The van der Waals surface area contributed by atoms with Crippen molar-refractivity contribution in [3.05, 3.63) is 95.1 Å². The molecule has 0 saturated heterocycles. The Hall–Kier alpha value is -3.27. The second-order valence-corrected chi connectivity index (χ2v) is 6.67. The van der Waals surface area contributed by atoms with Crippen molar-refractivity contribution < 1.29 is 14.3 Å². The van der Waals surface area contributed by atoms with Gasteiger partial charge in [0.25, 0.3) is 0 Å². The Kier molecular flexibility index (Phi) is 6.33. The summed E-state index contributed by atoms with van der Waals surface area (Å²) in [5.74, 6) is 1.53. The highest BCUT2D eigenvalue weighted by Crippen LogP contribution is 2.25. The maximum Gasteiger partial charge on any atom is 0.225 e. The molecular formula is C24H25NO3. The van der Waals surface area contributed by atoms with Crippen LogP contribution in [0.5, 0.6) is 11.5 Å². The van der Waals surface area contributed by atoms with Gasteiger partial charge in [-0.15, -0.1) is 0 Å². The summed E-state index contributed by atoms with van der Waals surface area (Å²) in [5, 5.41) is 3.17. The van der Waals surface area contributed by atoms with Crippen molar-refractivity contribution in [3.8, 4) is 11.5 Å². The van der Waals surface area contributed by atoms with Crippen LogP contribution in [-0.2, 0) is 11.2 Å². The van der Waals surface area contributed by atoms with Crippen molar-refractivity contribution in [2.45, 2.75) is 19.4 Å². The highest BCUT2D eigenvalue weighted by Gasteiger charge is 2.17. The van der Waals surface area contributed by atoms with Crippen LogP contribution in [0.4, 0.5) is 0 Å². The Bertz CT molecular complexity index is 920. The average molecular weight is 375 g/mol. The zero-order valence-corrected chi connectivity index (χ0v) is 16.4. The average Bonchev–Trinajstić information content (AvgIpc) is 2.74. The molecular weight excluding hydrogens is 350 g/mol. The van der Waals surface area contributed by atoms with E-state index in [0.717, 1.165) is 33.8 Å². The van der Waals surface area contributed by atoms with E-state index in [1.54, 1.807) is 14.2 Å². The molecule has 1 N–H and O–H groups in total. The van der Waals surface area contributed by atoms with Gasteiger partial charge in [0, 0.05) is 0 Å². The van der Waals surface area contributed by atoms with Crippen LogP contribution in [0.15, 0.2) is 72.8 Å². The number of hydrogen-bond acceptors (Lipinski definition) is 3. The van der Waals surface area contributed by atoms with E-state index in [2.05, 4.69) is 5.32 Å². The van der Waals surface area contributed by atoms with Gasteiger partial charge in [0.1, 0.15) is 11.5 Å². The van der Waals surface area contributed by atoms with E-state index in [1.807, 2.05) is 79.7 Å². The van der Waals surface area contributed by atoms with Crippen molar-refractivity contribution in [3.63, 3.8) is 0 Å². The number of benzene rings is 3. The monoisotopic (exact) mass is 375 g/mol. The minimum absolute atomic E-state index is 0.0458. The van der Waals surface area contributed by atoms with E-state index in [1.165, 1.54) is 0 Å². The van der Waals surface area contributed by atoms with Gasteiger partial charge in [-0.1, -0.05) is 54.6 Å². The maximum atomic E-state index is 12.8. The number of amides is 1. The van der Waals surface area contributed by atoms with E-state index in [0.29, 0.717) is 0 Å². The molecule has 0 aliphatic rings. The third-order valence-corrected chi connectivity index (χ3v) is 4.72. The van der Waals surface area contributed by atoms with Gasteiger partial charge in [0.15, 0.2) is 0 Å². The Morgan fingerprint density at radius 2 is 1.57 bits per heavy atom. The van der Waals surface area contributed by atoms with Gasteiger partial charge >= 0.3 is 0 Å². The standard InChI is InChI=1S/C24H25NO3/c1-17-9-10-18(15-22(17)28-3)16-23(26)25-24(19-7-5-4-6-8-19)20-11-13-21(27-2)14-12-20/h4-15,24H,16H2,1-3H3,(H,25,26). The third kappa shape index (κ3) is 4.71. The number of carbonyl (C=O) groups excluding carboxylic acids is 1. The molecule has 3 rings (SSSR count). The van der Waals surface area contributed by atoms with Crippen LogP contribution in [-0.4, -0.2) is 20.1 Å². The summed E-state index contributed by atoms with van der Waals surface area (Å²) >= 11 is 0. The van der Waals surface area contributed by atoms with E-state index >= 15 is 0 Å². The van der Waals surface area contributed by atoms with Crippen LogP contribution < -0.4 is 14.8 Å². The quantitative estimate of drug-likeness (QED) is 0.663. The molecule has 0 bridgehead atoms. The van der Waals surface area contributed by atoms with Crippen LogP contribution in [0.25, 0.3) is 0 Å². The van der Waals surface area contributed by atoms with Crippen LogP contribution in [0, 0.1) is 6.92 Å². The Balaban J connectivity index is 1.81. The third-order valence-electron chi connectivity index (χ3n) is 4.72. The molecule has 3 aromatic carbocycles. The fourth-order valence-electron chi connectivity index (χ4n) is 3.17. The molecule has 0 aliphatic heterocycles. The van der Waals surface area contributed by atoms with Crippen molar-refractivity contribution in [2.75, 3.05) is 14.2 Å². The summed E-state index contributed by atoms with van der Waals surface area (Å²) in [4.78, 5) is 12.8. The molecule has 0 fully saturated rings. The Morgan fingerprint density at radius 3 is 2.21 bits per heavy atom. The van der Waals surface area contributed by atoms with Crippen LogP contribution >= 0.6 is 0 Å². The first-order chi connectivity index (χ1) is 13.6. The van der Waals surface area contributed by atoms with E-state index < -0.39 is 0 Å². The molecule has 0 radical (unpaired) electrons. The number of ether oxygens (including phenoxy) is 2. The molecule has 4 nitrogen and oxygen atoms in total. The summed E-state index contributed by atoms with van der Waals surface area (Å²) in [7, 11) is 3.28. The smallest absolute Gasteiger partial charge is 0.225 e. The molecule has 4 heteroatoms. The Labute approximate surface area is 166 Å². The van der Waals surface area contributed by atoms with Crippen molar-refractivity contribution >= 4 is 5.91 Å². The first kappa shape index (κ1) is 19.5. The number of rotatable bonds is 7. The maximum absolute atomic E-state index is 12.8.